The van der Waals surface area contributed by atoms with E-state index < -0.39 is 0 Å². The van der Waals surface area contributed by atoms with Crippen LogP contribution in [-0.4, -0.2) is 26.2 Å². The van der Waals surface area contributed by atoms with Crippen molar-refractivity contribution in [2.75, 3.05) is 5.32 Å². The molecule has 0 amide bonds. The van der Waals surface area contributed by atoms with Crippen LogP contribution in [0.5, 0.6) is 0 Å². The van der Waals surface area contributed by atoms with Gasteiger partial charge in [-0.1, -0.05) is 13.0 Å². The summed E-state index contributed by atoms with van der Waals surface area (Å²) < 4.78 is 1.65. The van der Waals surface area contributed by atoms with E-state index in [9.17, 15) is 0 Å². The minimum Gasteiger partial charge on any atom is -0.382 e. The van der Waals surface area contributed by atoms with Gasteiger partial charge in [-0.05, 0) is 48.4 Å². The average molecular weight is 231 g/mol. The molecule has 0 aliphatic rings. The highest BCUT2D eigenvalue weighted by molar-refractivity contribution is 5.56. The maximum absolute atomic E-state index is 3.88. The monoisotopic (exact) mass is 231 g/mol. The summed E-state index contributed by atoms with van der Waals surface area (Å²) in [5.74, 6) is 0. The molecule has 5 heteroatoms. The zero-order chi connectivity index (χ0) is 12.3. The van der Waals surface area contributed by atoms with E-state index in [0.29, 0.717) is 6.04 Å². The molecule has 0 saturated heterocycles. The fraction of sp³-hybridized carbons (Fsp3) is 0.417. The Hall–Kier alpha value is -1.91. The van der Waals surface area contributed by atoms with Gasteiger partial charge in [-0.3, -0.25) is 0 Å². The molecule has 1 N–H and O–H groups in total. The Labute approximate surface area is 101 Å². The van der Waals surface area contributed by atoms with Crippen LogP contribution in [0, 0.1) is 6.92 Å². The minimum atomic E-state index is 0.456. The number of tetrazole rings is 1. The molecule has 0 aliphatic carbocycles. The Morgan fingerprint density at radius 1 is 1.41 bits per heavy atom. The van der Waals surface area contributed by atoms with Gasteiger partial charge in [0.2, 0.25) is 0 Å². The smallest absolute Gasteiger partial charge is 0.143 e. The number of nitrogens with zero attached hydrogens (tertiary/aromatic N) is 4. The number of rotatable bonds is 4. The Kier molecular flexibility index (Phi) is 3.37. The van der Waals surface area contributed by atoms with E-state index in [4.69, 9.17) is 0 Å². The third kappa shape index (κ3) is 2.61. The molecular weight excluding hydrogens is 214 g/mol. The predicted octanol–water partition coefficient (Wildman–Crippen LogP) is 2.18. The van der Waals surface area contributed by atoms with Crippen LogP contribution in [0.2, 0.25) is 0 Å². The summed E-state index contributed by atoms with van der Waals surface area (Å²) in [6.45, 7) is 6.43. The standard InChI is InChI=1S/C12H17N5/c1-4-10(3)14-12-7-11(6-5-9(12)2)17-8-13-15-16-17/h5-8,10,14H,4H2,1-3H3. The Morgan fingerprint density at radius 2 is 2.24 bits per heavy atom. The van der Waals surface area contributed by atoms with Crippen molar-refractivity contribution in [1.82, 2.24) is 20.2 Å². The highest BCUT2D eigenvalue weighted by Crippen LogP contribution is 2.20. The first kappa shape index (κ1) is 11.6. The zero-order valence-corrected chi connectivity index (χ0v) is 10.4. The third-order valence-electron chi connectivity index (χ3n) is 2.85. The van der Waals surface area contributed by atoms with Crippen LogP contribution in [0.1, 0.15) is 25.8 Å². The molecule has 90 valence electrons. The minimum absolute atomic E-state index is 0.456. The summed E-state index contributed by atoms with van der Waals surface area (Å²) in [5, 5.41) is 14.6. The molecule has 1 unspecified atom stereocenters. The summed E-state index contributed by atoms with van der Waals surface area (Å²) in [5.41, 5.74) is 3.32. The predicted molar refractivity (Wildman–Crippen MR) is 67.3 cm³/mol. The van der Waals surface area contributed by atoms with Crippen LogP contribution in [0.15, 0.2) is 24.5 Å². The third-order valence-corrected chi connectivity index (χ3v) is 2.85. The van der Waals surface area contributed by atoms with Crippen molar-refractivity contribution in [1.29, 1.82) is 0 Å². The number of hydrogen-bond donors (Lipinski definition) is 1. The van der Waals surface area contributed by atoms with Gasteiger partial charge < -0.3 is 5.32 Å². The van der Waals surface area contributed by atoms with Gasteiger partial charge in [0.1, 0.15) is 6.33 Å². The van der Waals surface area contributed by atoms with Crippen LogP contribution < -0.4 is 5.32 Å². The largest absolute Gasteiger partial charge is 0.382 e. The van der Waals surface area contributed by atoms with Crippen LogP contribution in [0.25, 0.3) is 5.69 Å². The summed E-state index contributed by atoms with van der Waals surface area (Å²) in [6, 6.07) is 6.60. The Balaban J connectivity index is 2.29. The maximum atomic E-state index is 3.88. The molecule has 0 radical (unpaired) electrons. The summed E-state index contributed by atoms with van der Waals surface area (Å²) in [6.07, 6.45) is 2.69. The van der Waals surface area contributed by atoms with E-state index in [2.05, 4.69) is 53.7 Å². The summed E-state index contributed by atoms with van der Waals surface area (Å²) in [4.78, 5) is 0. The first-order valence-electron chi connectivity index (χ1n) is 5.81. The molecule has 2 aromatic rings. The Bertz CT molecular complexity index is 478. The second-order valence-corrected chi connectivity index (χ2v) is 4.21. The Morgan fingerprint density at radius 3 is 2.88 bits per heavy atom. The van der Waals surface area contributed by atoms with Gasteiger partial charge in [-0.2, -0.15) is 0 Å². The van der Waals surface area contributed by atoms with Gasteiger partial charge in [0.25, 0.3) is 0 Å². The molecule has 1 aromatic carbocycles. The van der Waals surface area contributed by atoms with Crippen molar-refractivity contribution in [3.05, 3.63) is 30.1 Å². The quantitative estimate of drug-likeness (QED) is 0.876. The number of hydrogen-bond acceptors (Lipinski definition) is 4. The van der Waals surface area contributed by atoms with Gasteiger partial charge in [-0.15, -0.1) is 5.10 Å². The van der Waals surface area contributed by atoms with E-state index in [1.807, 2.05) is 6.07 Å². The number of aromatic nitrogens is 4. The van der Waals surface area contributed by atoms with E-state index in [1.54, 1.807) is 11.0 Å². The molecular formula is C12H17N5. The molecule has 0 bridgehead atoms. The number of anilines is 1. The van der Waals surface area contributed by atoms with E-state index in [0.717, 1.165) is 17.8 Å². The van der Waals surface area contributed by atoms with Crippen molar-refractivity contribution in [2.45, 2.75) is 33.2 Å². The number of nitrogens with one attached hydrogen (secondary N) is 1. The van der Waals surface area contributed by atoms with Crippen molar-refractivity contribution in [2.24, 2.45) is 0 Å². The van der Waals surface area contributed by atoms with Crippen LogP contribution >= 0.6 is 0 Å². The van der Waals surface area contributed by atoms with Crippen molar-refractivity contribution in [3.63, 3.8) is 0 Å². The second-order valence-electron chi connectivity index (χ2n) is 4.21. The summed E-state index contributed by atoms with van der Waals surface area (Å²) in [7, 11) is 0. The lowest BCUT2D eigenvalue weighted by atomic mass is 10.1. The van der Waals surface area contributed by atoms with E-state index >= 15 is 0 Å². The molecule has 17 heavy (non-hydrogen) atoms. The molecule has 2 rings (SSSR count). The van der Waals surface area contributed by atoms with Crippen molar-refractivity contribution in [3.8, 4) is 5.69 Å². The topological polar surface area (TPSA) is 55.6 Å². The fourth-order valence-corrected chi connectivity index (χ4v) is 1.56. The summed E-state index contributed by atoms with van der Waals surface area (Å²) >= 11 is 0. The SMILES string of the molecule is CCC(C)Nc1cc(-n2cnnn2)ccc1C. The highest BCUT2D eigenvalue weighted by Gasteiger charge is 2.05. The molecule has 0 aliphatic heterocycles. The van der Waals surface area contributed by atoms with Crippen molar-refractivity contribution >= 4 is 5.69 Å². The highest BCUT2D eigenvalue weighted by atomic mass is 15.5. The fourth-order valence-electron chi connectivity index (χ4n) is 1.56. The van der Waals surface area contributed by atoms with Crippen molar-refractivity contribution < 1.29 is 0 Å². The van der Waals surface area contributed by atoms with Gasteiger partial charge in [0.05, 0.1) is 5.69 Å². The molecule has 5 nitrogen and oxygen atoms in total. The second kappa shape index (κ2) is 4.95. The van der Waals surface area contributed by atoms with Gasteiger partial charge in [0, 0.05) is 11.7 Å². The van der Waals surface area contributed by atoms with E-state index in [-0.39, 0.29) is 0 Å². The lowest BCUT2D eigenvalue weighted by Crippen LogP contribution is -2.14. The molecule has 1 heterocycles. The molecule has 1 atom stereocenters. The molecule has 0 saturated carbocycles. The van der Waals surface area contributed by atoms with Crippen LogP contribution in [0.3, 0.4) is 0 Å². The lowest BCUT2D eigenvalue weighted by Gasteiger charge is -2.16. The normalized spacial score (nSPS) is 12.4. The molecule has 1 aromatic heterocycles. The van der Waals surface area contributed by atoms with Crippen LogP contribution in [0.4, 0.5) is 5.69 Å². The first-order valence-corrected chi connectivity index (χ1v) is 5.81. The number of aryl methyl sites for hydroxylation is 1. The average Bonchev–Trinajstić information content (AvgIpc) is 2.85. The van der Waals surface area contributed by atoms with Crippen LogP contribution in [-0.2, 0) is 0 Å². The maximum Gasteiger partial charge on any atom is 0.143 e. The molecule has 0 fully saturated rings. The van der Waals surface area contributed by atoms with Gasteiger partial charge in [-0.25, -0.2) is 4.68 Å². The molecule has 0 spiro atoms. The van der Waals surface area contributed by atoms with Gasteiger partial charge in [0.15, 0.2) is 0 Å². The lowest BCUT2D eigenvalue weighted by molar-refractivity contribution is 0.761. The van der Waals surface area contributed by atoms with Gasteiger partial charge >= 0.3 is 0 Å². The number of benzene rings is 1. The zero-order valence-electron chi connectivity index (χ0n) is 10.4. The first-order chi connectivity index (χ1) is 8.20. The van der Waals surface area contributed by atoms with E-state index in [1.165, 1.54) is 5.56 Å².